The normalized spacial score (nSPS) is 29.9. The van der Waals surface area contributed by atoms with E-state index < -0.39 is 55.7 Å². The van der Waals surface area contributed by atoms with Gasteiger partial charge >= 0.3 is 5.97 Å². The Morgan fingerprint density at radius 3 is 2.41 bits per heavy atom. The summed E-state index contributed by atoms with van der Waals surface area (Å²) in [5, 5.41) is 1.43. The van der Waals surface area contributed by atoms with Gasteiger partial charge in [-0.1, -0.05) is 26.0 Å². The Labute approximate surface area is 330 Å². The molecule has 1 aromatic heterocycles. The number of fused-ring (bicyclic) bond motifs is 3. The Kier molecular flexibility index (Phi) is 11.6. The third-order valence-electron chi connectivity index (χ3n) is 12.1. The Hall–Kier alpha value is -4.20. The van der Waals surface area contributed by atoms with Crippen molar-refractivity contribution < 1.29 is 46.5 Å². The number of rotatable bonds is 9. The second-order valence-electron chi connectivity index (χ2n) is 17.7. The number of esters is 1. The Morgan fingerprint density at radius 1 is 1.05 bits per heavy atom. The molecule has 2 amide bonds. The largest absolute Gasteiger partial charge is 0.493 e. The van der Waals surface area contributed by atoms with Gasteiger partial charge in [-0.2, -0.15) is 0 Å². The number of pyridine rings is 1. The van der Waals surface area contributed by atoms with Gasteiger partial charge < -0.3 is 23.8 Å². The van der Waals surface area contributed by atoms with Gasteiger partial charge in [0.15, 0.2) is 17.3 Å². The van der Waals surface area contributed by atoms with Gasteiger partial charge in [-0.15, -0.1) is 0 Å². The third kappa shape index (κ3) is 8.69. The van der Waals surface area contributed by atoms with Crippen LogP contribution in [0, 0.1) is 29.1 Å². The van der Waals surface area contributed by atoms with Gasteiger partial charge in [0.05, 0.1) is 49.3 Å². The third-order valence-corrected chi connectivity index (χ3v) is 14.3. The van der Waals surface area contributed by atoms with Gasteiger partial charge in [-0.05, 0) is 108 Å². The number of aromatic nitrogens is 1. The summed E-state index contributed by atoms with van der Waals surface area (Å²) < 4.78 is 51.1. The molecule has 14 heteroatoms. The van der Waals surface area contributed by atoms with Crippen LogP contribution in [0.3, 0.4) is 0 Å². The number of ketones is 1. The highest BCUT2D eigenvalue weighted by molar-refractivity contribution is 7.91. The SMILES string of the molecule is COc1cc2ccnc(O[C@@H]3C[C@H]4C(=O)C[C@]5(C(=O)NS(=O)(=O)C6(C)CC6)C[C@H]5/C=C\CC[C@H](C)C[C@@H](C)[C@H](CC(=O)OC(C)(C)C)C(=O)N4C3)c2cc1OC. The molecule has 0 bridgehead atoms. The molecule has 2 saturated carbocycles. The van der Waals surface area contributed by atoms with E-state index in [9.17, 15) is 27.6 Å². The molecule has 13 nitrogen and oxygen atoms in total. The molecule has 7 atom stereocenters. The number of nitrogens with zero attached hydrogens (tertiary/aromatic N) is 2. The zero-order valence-electron chi connectivity index (χ0n) is 33.9. The molecule has 6 rings (SSSR count). The molecule has 2 aliphatic heterocycles. The number of ether oxygens (including phenoxy) is 4. The van der Waals surface area contributed by atoms with Crippen LogP contribution in [-0.2, 0) is 33.9 Å². The first-order chi connectivity index (χ1) is 26.3. The zero-order chi connectivity index (χ0) is 40.8. The Morgan fingerprint density at radius 2 is 1.75 bits per heavy atom. The number of carbonyl (C=O) groups excluding carboxylic acids is 4. The van der Waals surface area contributed by atoms with E-state index in [1.54, 1.807) is 47.1 Å². The summed E-state index contributed by atoms with van der Waals surface area (Å²) in [6, 6.07) is 4.39. The maximum Gasteiger partial charge on any atom is 0.307 e. The van der Waals surface area contributed by atoms with Crippen molar-refractivity contribution in [2.45, 2.75) is 122 Å². The molecule has 2 aliphatic carbocycles. The second-order valence-corrected chi connectivity index (χ2v) is 19.9. The van der Waals surface area contributed by atoms with Crippen LogP contribution in [0.2, 0.25) is 0 Å². The van der Waals surface area contributed by atoms with Gasteiger partial charge in [0.2, 0.25) is 27.7 Å². The maximum atomic E-state index is 14.9. The molecule has 0 radical (unpaired) electrons. The lowest BCUT2D eigenvalue weighted by Gasteiger charge is -2.32. The Balaban J connectivity index is 1.36. The van der Waals surface area contributed by atoms with Crippen LogP contribution in [-0.4, -0.2) is 85.1 Å². The number of benzene rings is 1. The molecular weight excluding hydrogens is 739 g/mol. The summed E-state index contributed by atoms with van der Waals surface area (Å²) in [5.74, 6) is -1.77. The molecule has 0 unspecified atom stereocenters. The van der Waals surface area contributed by atoms with Gasteiger partial charge in [-0.25, -0.2) is 13.4 Å². The Bertz CT molecular complexity index is 2000. The number of methoxy groups -OCH3 is 2. The molecule has 56 heavy (non-hydrogen) atoms. The van der Waals surface area contributed by atoms with Gasteiger partial charge in [0.25, 0.3) is 0 Å². The summed E-state index contributed by atoms with van der Waals surface area (Å²) >= 11 is 0. The van der Waals surface area contributed by atoms with E-state index in [4.69, 9.17) is 18.9 Å². The highest BCUT2D eigenvalue weighted by Gasteiger charge is 2.62. The number of allylic oxidation sites excluding steroid dienone is 2. The fraction of sp³-hybridized carbons (Fsp3) is 0.643. The molecule has 1 saturated heterocycles. The molecule has 3 heterocycles. The number of amides is 2. The first-order valence-electron chi connectivity index (χ1n) is 19.8. The summed E-state index contributed by atoms with van der Waals surface area (Å²) in [6.07, 6.45) is 7.98. The van der Waals surface area contributed by atoms with Gasteiger partial charge in [0.1, 0.15) is 11.7 Å². The lowest BCUT2D eigenvalue weighted by atomic mass is 9.82. The van der Waals surface area contributed by atoms with Crippen LogP contribution in [0.1, 0.15) is 99.3 Å². The average molecular weight is 796 g/mol. The van der Waals surface area contributed by atoms with Crippen molar-refractivity contribution in [2.75, 3.05) is 20.8 Å². The minimum atomic E-state index is -3.96. The number of hydrogen-bond donors (Lipinski definition) is 1. The van der Waals surface area contributed by atoms with E-state index >= 15 is 0 Å². The fourth-order valence-corrected chi connectivity index (χ4v) is 9.71. The van der Waals surface area contributed by atoms with Gasteiger partial charge in [0, 0.05) is 24.4 Å². The molecule has 1 N–H and O–H groups in total. The molecule has 3 fully saturated rings. The van der Waals surface area contributed by atoms with Crippen LogP contribution in [0.25, 0.3) is 10.8 Å². The van der Waals surface area contributed by atoms with Crippen LogP contribution in [0.15, 0.2) is 36.5 Å². The molecular formula is C42H57N3O10S. The van der Waals surface area contributed by atoms with E-state index in [0.29, 0.717) is 49.0 Å². The van der Waals surface area contributed by atoms with E-state index in [1.807, 2.05) is 31.2 Å². The molecule has 4 aliphatic rings. The fourth-order valence-electron chi connectivity index (χ4n) is 8.37. The van der Waals surface area contributed by atoms with Crippen molar-refractivity contribution in [1.29, 1.82) is 0 Å². The molecule has 0 spiro atoms. The number of nitrogens with one attached hydrogen (secondary N) is 1. The summed E-state index contributed by atoms with van der Waals surface area (Å²) in [6.45, 7) is 11.1. The molecule has 2 aromatic rings. The highest BCUT2D eigenvalue weighted by atomic mass is 32.2. The first kappa shape index (κ1) is 41.4. The van der Waals surface area contributed by atoms with Crippen LogP contribution in [0.5, 0.6) is 17.4 Å². The van der Waals surface area contributed by atoms with Crippen molar-refractivity contribution in [3.63, 3.8) is 0 Å². The maximum absolute atomic E-state index is 14.9. The summed E-state index contributed by atoms with van der Waals surface area (Å²) in [7, 11) is -0.879. The van der Waals surface area contributed by atoms with E-state index in [1.165, 1.54) is 12.0 Å². The number of hydrogen-bond acceptors (Lipinski definition) is 11. The van der Waals surface area contributed by atoms with Crippen molar-refractivity contribution in [3.8, 4) is 17.4 Å². The van der Waals surface area contributed by atoms with Gasteiger partial charge in [-0.3, -0.25) is 23.9 Å². The van der Waals surface area contributed by atoms with Crippen LogP contribution in [0.4, 0.5) is 0 Å². The smallest absolute Gasteiger partial charge is 0.307 e. The zero-order valence-corrected chi connectivity index (χ0v) is 34.7. The van der Waals surface area contributed by atoms with E-state index in [-0.39, 0.29) is 61.1 Å². The van der Waals surface area contributed by atoms with E-state index in [0.717, 1.165) is 11.8 Å². The predicted molar refractivity (Wildman–Crippen MR) is 210 cm³/mol. The van der Waals surface area contributed by atoms with E-state index in [2.05, 4.69) is 16.6 Å². The van der Waals surface area contributed by atoms with Crippen LogP contribution >= 0.6 is 0 Å². The highest BCUT2D eigenvalue weighted by Crippen LogP contribution is 2.58. The van der Waals surface area contributed by atoms with Crippen molar-refractivity contribution in [1.82, 2.24) is 14.6 Å². The topological polar surface area (TPSA) is 167 Å². The van der Waals surface area contributed by atoms with Crippen molar-refractivity contribution in [2.24, 2.45) is 29.1 Å². The lowest BCUT2D eigenvalue weighted by molar-refractivity contribution is -0.160. The summed E-state index contributed by atoms with van der Waals surface area (Å²) in [5.41, 5.74) is -2.03. The monoisotopic (exact) mass is 795 g/mol. The minimum Gasteiger partial charge on any atom is -0.493 e. The van der Waals surface area contributed by atoms with Crippen molar-refractivity contribution >= 4 is 44.4 Å². The number of sulfonamides is 1. The predicted octanol–water partition coefficient (Wildman–Crippen LogP) is 5.92. The van der Waals surface area contributed by atoms with Crippen molar-refractivity contribution in [3.05, 3.63) is 36.5 Å². The first-order valence-corrected chi connectivity index (χ1v) is 21.2. The average Bonchev–Trinajstić information content (AvgIpc) is 4.00. The number of Topliss-reactive ketones (excluding diaryl/α,β-unsaturated/α-hetero) is 1. The standard InChI is InChI=1S/C42H57N3O10S/c1-25-11-9-10-12-28-22-42(28,39(49)44-56(50,51)41(6)14-15-41)23-33(46)32-19-29(54-37-31-20-35(53-8)34(52-7)18-27(31)13-16-43-37)24-45(32)38(48)30(26(2)17-25)21-36(47)55-40(3,4)5/h10,12-13,16,18,20,25-26,28-30,32H,9,11,14-15,17,19,21-24H2,1-8H3,(H,44,49)/b12-10-/t25-,26+,28+,29+,30-,32-,42+/m0/s1. The lowest BCUT2D eigenvalue weighted by Crippen LogP contribution is -2.48. The van der Waals surface area contributed by atoms with Crippen LogP contribution < -0.4 is 18.9 Å². The molecule has 1 aromatic carbocycles. The minimum absolute atomic E-state index is 0.0307. The quantitative estimate of drug-likeness (QED) is 0.236. The molecule has 306 valence electrons. The second kappa shape index (κ2) is 15.6. The summed E-state index contributed by atoms with van der Waals surface area (Å²) in [4.78, 5) is 62.9. The number of carbonyl (C=O) groups is 4.